The number of nitrogens with one attached hydrogen (secondary N) is 1. The molecule has 0 radical (unpaired) electrons. The van der Waals surface area contributed by atoms with Gasteiger partial charge in [0, 0.05) is 48.9 Å². The van der Waals surface area contributed by atoms with Gasteiger partial charge in [-0.3, -0.25) is 9.48 Å². The summed E-state index contributed by atoms with van der Waals surface area (Å²) >= 11 is 0. The summed E-state index contributed by atoms with van der Waals surface area (Å²) < 4.78 is 15.8. The third-order valence-corrected chi connectivity index (χ3v) is 6.63. The van der Waals surface area contributed by atoms with Gasteiger partial charge in [-0.2, -0.15) is 5.10 Å². The zero-order valence-electron chi connectivity index (χ0n) is 18.9. The molecule has 2 aliphatic rings. The highest BCUT2D eigenvalue weighted by molar-refractivity contribution is 5.76. The van der Waals surface area contributed by atoms with Crippen molar-refractivity contribution in [1.29, 1.82) is 0 Å². The Hall–Kier alpha value is -3.29. The quantitative estimate of drug-likeness (QED) is 0.570. The first-order valence-electron chi connectivity index (χ1n) is 11.8. The molecule has 2 aromatic heterocycles. The maximum Gasteiger partial charge on any atom is 0.222 e. The number of aromatic nitrogens is 4. The van der Waals surface area contributed by atoms with Crippen LogP contribution in [-0.4, -0.2) is 43.6 Å². The normalized spacial score (nSPS) is 18.7. The average molecular weight is 449 g/mol. The minimum atomic E-state index is -0.308. The number of anilines is 2. The lowest BCUT2D eigenvalue weighted by Crippen LogP contribution is -2.39. The summed E-state index contributed by atoms with van der Waals surface area (Å²) in [5.74, 6) is 1.23. The first-order valence-corrected chi connectivity index (χ1v) is 11.8. The highest BCUT2D eigenvalue weighted by atomic mass is 19.1. The van der Waals surface area contributed by atoms with Crippen molar-refractivity contribution < 1.29 is 9.18 Å². The molecule has 1 atom stereocenters. The van der Waals surface area contributed by atoms with Crippen LogP contribution in [0.15, 0.2) is 42.7 Å². The van der Waals surface area contributed by atoms with Crippen molar-refractivity contribution in [3.63, 3.8) is 0 Å². The van der Waals surface area contributed by atoms with Gasteiger partial charge >= 0.3 is 0 Å². The second-order valence-corrected chi connectivity index (χ2v) is 8.96. The van der Waals surface area contributed by atoms with Gasteiger partial charge in [0.2, 0.25) is 5.91 Å². The van der Waals surface area contributed by atoms with Crippen LogP contribution in [0.1, 0.15) is 63.2 Å². The average Bonchev–Trinajstić information content (AvgIpc) is 3.27. The highest BCUT2D eigenvalue weighted by Crippen LogP contribution is 2.33. The van der Waals surface area contributed by atoms with E-state index in [-0.39, 0.29) is 17.6 Å². The molecular weight excluding hydrogens is 419 g/mol. The van der Waals surface area contributed by atoms with Gasteiger partial charge in [0.05, 0.1) is 17.9 Å². The Morgan fingerprint density at radius 2 is 2.06 bits per heavy atom. The van der Waals surface area contributed by atoms with Gasteiger partial charge in [0.25, 0.3) is 0 Å². The first kappa shape index (κ1) is 21.6. The second-order valence-electron chi connectivity index (χ2n) is 8.96. The molecule has 3 heterocycles. The third-order valence-electron chi connectivity index (χ3n) is 6.63. The number of piperidine rings is 1. The Kier molecular flexibility index (Phi) is 6.07. The molecule has 7 nitrogen and oxygen atoms in total. The van der Waals surface area contributed by atoms with Crippen LogP contribution in [0.5, 0.6) is 0 Å². The largest absolute Gasteiger partial charge is 0.342 e. The van der Waals surface area contributed by atoms with Crippen molar-refractivity contribution in [2.45, 2.75) is 57.4 Å². The number of hydrogen-bond acceptors (Lipinski definition) is 5. The Morgan fingerprint density at radius 3 is 2.82 bits per heavy atom. The minimum Gasteiger partial charge on any atom is -0.342 e. The number of rotatable bonds is 6. The fourth-order valence-corrected chi connectivity index (χ4v) is 4.53. The molecule has 33 heavy (non-hydrogen) atoms. The lowest BCUT2D eigenvalue weighted by Gasteiger charge is -2.32. The van der Waals surface area contributed by atoms with Crippen LogP contribution in [0.4, 0.5) is 15.9 Å². The Morgan fingerprint density at radius 1 is 1.18 bits per heavy atom. The van der Waals surface area contributed by atoms with Gasteiger partial charge in [0.15, 0.2) is 0 Å². The van der Waals surface area contributed by atoms with Gasteiger partial charge < -0.3 is 10.2 Å². The molecule has 1 aliphatic carbocycles. The maximum atomic E-state index is 13.7. The number of carbonyl (C=O) groups excluding carboxylic acids is 1. The van der Waals surface area contributed by atoms with Crippen LogP contribution in [0, 0.1) is 5.82 Å². The van der Waals surface area contributed by atoms with Gasteiger partial charge in [-0.1, -0.05) is 13.0 Å². The summed E-state index contributed by atoms with van der Waals surface area (Å²) in [6, 6.07) is 8.68. The molecule has 0 bridgehead atoms. The van der Waals surface area contributed by atoms with Crippen LogP contribution in [0.25, 0.3) is 11.3 Å². The lowest BCUT2D eigenvalue weighted by molar-refractivity contribution is -0.132. The van der Waals surface area contributed by atoms with Gasteiger partial charge in [0.1, 0.15) is 17.5 Å². The van der Waals surface area contributed by atoms with Crippen LogP contribution < -0.4 is 5.32 Å². The van der Waals surface area contributed by atoms with Gasteiger partial charge in [-0.25, -0.2) is 14.4 Å². The Bertz CT molecular complexity index is 1140. The third kappa shape index (κ3) is 4.74. The van der Waals surface area contributed by atoms with Crippen molar-refractivity contribution >= 4 is 17.4 Å². The zero-order chi connectivity index (χ0) is 22.8. The maximum absolute atomic E-state index is 13.7. The summed E-state index contributed by atoms with van der Waals surface area (Å²) in [5, 5.41) is 7.79. The van der Waals surface area contributed by atoms with Gasteiger partial charge in [-0.05, 0) is 50.3 Å². The molecule has 172 valence electrons. The van der Waals surface area contributed by atoms with Gasteiger partial charge in [-0.15, -0.1) is 0 Å². The molecule has 1 aromatic carbocycles. The molecule has 1 saturated carbocycles. The van der Waals surface area contributed by atoms with Crippen LogP contribution >= 0.6 is 0 Å². The molecule has 2 fully saturated rings. The lowest BCUT2D eigenvalue weighted by atomic mass is 9.93. The Labute approximate surface area is 193 Å². The zero-order valence-corrected chi connectivity index (χ0v) is 18.9. The number of hydrogen-bond donors (Lipinski definition) is 1. The van der Waals surface area contributed by atoms with E-state index in [1.165, 1.54) is 18.6 Å². The molecule has 8 heteroatoms. The summed E-state index contributed by atoms with van der Waals surface area (Å²) in [7, 11) is 0. The standard InChI is InChI=1S/C25H29FN6O/c1-2-24(33)31-11-5-6-17(15-31)25-29-22(18-14-27-32(16-18)21-9-4-10-21)13-23(30-25)28-20-8-3-7-19(26)12-20/h3,7-8,12-14,16-17,21H,2,4-6,9-11,15H2,1H3,(H,28,29,30). The van der Waals surface area contributed by atoms with Crippen molar-refractivity contribution in [2.24, 2.45) is 0 Å². The van der Waals surface area contributed by atoms with E-state index in [0.717, 1.165) is 43.5 Å². The van der Waals surface area contributed by atoms with Crippen molar-refractivity contribution in [2.75, 3.05) is 18.4 Å². The van der Waals surface area contributed by atoms with E-state index in [1.54, 1.807) is 12.1 Å². The van der Waals surface area contributed by atoms with Crippen LogP contribution in [0.3, 0.4) is 0 Å². The Balaban J connectivity index is 1.48. The molecule has 1 N–H and O–H groups in total. The van der Waals surface area contributed by atoms with E-state index in [1.807, 2.05) is 28.8 Å². The van der Waals surface area contributed by atoms with Crippen molar-refractivity contribution in [1.82, 2.24) is 24.6 Å². The fourth-order valence-electron chi connectivity index (χ4n) is 4.53. The van der Waals surface area contributed by atoms with E-state index in [0.29, 0.717) is 36.3 Å². The number of benzene rings is 1. The van der Waals surface area contributed by atoms with Crippen molar-refractivity contribution in [3.8, 4) is 11.3 Å². The topological polar surface area (TPSA) is 75.9 Å². The number of nitrogens with zero attached hydrogens (tertiary/aromatic N) is 5. The molecule has 1 saturated heterocycles. The molecule has 3 aromatic rings. The number of likely N-dealkylation sites (tertiary alicyclic amines) is 1. The molecule has 1 unspecified atom stereocenters. The number of amides is 1. The predicted molar refractivity (Wildman–Crippen MR) is 125 cm³/mol. The number of halogens is 1. The molecule has 1 amide bonds. The van der Waals surface area contributed by atoms with E-state index in [2.05, 4.69) is 16.6 Å². The highest BCUT2D eigenvalue weighted by Gasteiger charge is 2.27. The van der Waals surface area contributed by atoms with E-state index in [9.17, 15) is 9.18 Å². The SMILES string of the molecule is CCC(=O)N1CCCC(c2nc(Nc3cccc(F)c3)cc(-c3cnn(C4CCC4)c3)n2)C1. The first-order chi connectivity index (χ1) is 16.1. The fraction of sp³-hybridized carbons (Fsp3) is 0.440. The molecule has 1 aliphatic heterocycles. The minimum absolute atomic E-state index is 0.0592. The molecule has 0 spiro atoms. The second kappa shape index (κ2) is 9.29. The van der Waals surface area contributed by atoms with E-state index < -0.39 is 0 Å². The molecular formula is C25H29FN6O. The molecule has 5 rings (SSSR count). The van der Waals surface area contributed by atoms with E-state index in [4.69, 9.17) is 9.97 Å². The smallest absolute Gasteiger partial charge is 0.222 e. The van der Waals surface area contributed by atoms with Crippen molar-refractivity contribution in [3.05, 3.63) is 54.4 Å². The summed E-state index contributed by atoms with van der Waals surface area (Å²) in [6.07, 6.45) is 9.82. The summed E-state index contributed by atoms with van der Waals surface area (Å²) in [5.41, 5.74) is 2.34. The number of carbonyl (C=O) groups is 1. The summed E-state index contributed by atoms with van der Waals surface area (Å²) in [6.45, 7) is 3.30. The summed E-state index contributed by atoms with van der Waals surface area (Å²) in [4.78, 5) is 23.9. The monoisotopic (exact) mass is 448 g/mol. The predicted octanol–water partition coefficient (Wildman–Crippen LogP) is 5.06. The van der Waals surface area contributed by atoms with Crippen LogP contribution in [0.2, 0.25) is 0 Å². The van der Waals surface area contributed by atoms with Crippen LogP contribution in [-0.2, 0) is 4.79 Å². The van der Waals surface area contributed by atoms with E-state index >= 15 is 0 Å².